The Morgan fingerprint density at radius 2 is 1.97 bits per heavy atom. The molecule has 0 radical (unpaired) electrons. The molecule has 1 amide bonds. The summed E-state index contributed by atoms with van der Waals surface area (Å²) in [6.07, 6.45) is -1.60. The van der Waals surface area contributed by atoms with Crippen LogP contribution in [0.4, 0.5) is 27.6 Å². The van der Waals surface area contributed by atoms with Crippen LogP contribution < -0.4 is 5.32 Å². The number of carbonyl (C=O) groups is 1. The van der Waals surface area contributed by atoms with E-state index in [4.69, 9.17) is 4.78 Å². The van der Waals surface area contributed by atoms with E-state index in [1.807, 2.05) is 0 Å². The van der Waals surface area contributed by atoms with E-state index in [-0.39, 0.29) is 41.6 Å². The molecule has 13 heteroatoms. The van der Waals surface area contributed by atoms with Gasteiger partial charge in [-0.05, 0) is 43.7 Å². The van der Waals surface area contributed by atoms with Crippen molar-refractivity contribution in [3.63, 3.8) is 0 Å². The van der Waals surface area contributed by atoms with Crippen molar-refractivity contribution in [1.82, 2.24) is 14.8 Å². The van der Waals surface area contributed by atoms with Gasteiger partial charge in [0, 0.05) is 30.5 Å². The first kappa shape index (κ1) is 23.2. The predicted octanol–water partition coefficient (Wildman–Crippen LogP) is 4.90. The lowest BCUT2D eigenvalue weighted by atomic mass is 9.68. The highest BCUT2D eigenvalue weighted by atomic mass is 32.2. The quantitative estimate of drug-likeness (QED) is 0.548. The van der Waals surface area contributed by atoms with Crippen LogP contribution >= 0.6 is 0 Å². The highest BCUT2D eigenvalue weighted by Crippen LogP contribution is 2.67. The lowest BCUT2D eigenvalue weighted by molar-refractivity contribution is -0.138. The van der Waals surface area contributed by atoms with Gasteiger partial charge in [0.05, 0.1) is 27.4 Å². The second-order valence-electron chi connectivity index (χ2n) is 9.68. The van der Waals surface area contributed by atoms with Crippen LogP contribution in [0.3, 0.4) is 0 Å². The fourth-order valence-corrected chi connectivity index (χ4v) is 5.85. The van der Waals surface area contributed by atoms with Crippen LogP contribution in [0.5, 0.6) is 0 Å². The van der Waals surface area contributed by atoms with Crippen LogP contribution in [0.15, 0.2) is 23.4 Å². The molecule has 1 atom stereocenters. The highest BCUT2D eigenvalue weighted by Gasteiger charge is 2.69. The molecule has 0 aliphatic heterocycles. The zero-order chi connectivity index (χ0) is 24.7. The molecule has 7 nitrogen and oxygen atoms in total. The first-order valence-electron chi connectivity index (χ1n) is 10.8. The molecular formula is C21H22F5N5O2S. The molecule has 2 heterocycles. The van der Waals surface area contributed by atoms with E-state index < -0.39 is 56.9 Å². The summed E-state index contributed by atoms with van der Waals surface area (Å²) in [4.78, 5) is 17.0. The number of amides is 1. The van der Waals surface area contributed by atoms with Gasteiger partial charge in [-0.2, -0.15) is 18.3 Å². The maximum absolute atomic E-state index is 14.7. The molecule has 0 aromatic carbocycles. The predicted molar refractivity (Wildman–Crippen MR) is 111 cm³/mol. The van der Waals surface area contributed by atoms with Gasteiger partial charge in [-0.25, -0.2) is 22.8 Å². The van der Waals surface area contributed by atoms with Gasteiger partial charge in [-0.1, -0.05) is 0 Å². The van der Waals surface area contributed by atoms with Gasteiger partial charge in [0.2, 0.25) is 0 Å². The average molecular weight is 503 g/mol. The van der Waals surface area contributed by atoms with Crippen molar-refractivity contribution in [2.45, 2.75) is 61.7 Å². The normalized spacial score (nSPS) is 27.2. The molecule has 0 spiro atoms. The van der Waals surface area contributed by atoms with Crippen molar-refractivity contribution >= 4 is 21.3 Å². The second kappa shape index (κ2) is 7.22. The summed E-state index contributed by atoms with van der Waals surface area (Å²) in [5.74, 6) is -4.84. The zero-order valence-electron chi connectivity index (χ0n) is 18.1. The third-order valence-electron chi connectivity index (χ3n) is 6.97. The number of alkyl halides is 5. The summed E-state index contributed by atoms with van der Waals surface area (Å²) in [5, 5.41) is 6.25. The summed E-state index contributed by atoms with van der Waals surface area (Å²) in [6, 6.07) is 2.42. The molecular weight excluding hydrogens is 481 g/mol. The van der Waals surface area contributed by atoms with Gasteiger partial charge in [0.25, 0.3) is 11.8 Å². The molecule has 2 N–H and O–H groups in total. The molecule has 0 unspecified atom stereocenters. The number of hydrogen-bond donors (Lipinski definition) is 2. The number of fused-ring (bicyclic) bond motifs is 1. The number of anilines is 1. The number of pyridine rings is 1. The number of halogens is 5. The second-order valence-corrected chi connectivity index (χ2v) is 11.8. The molecule has 34 heavy (non-hydrogen) atoms. The summed E-state index contributed by atoms with van der Waals surface area (Å²) in [5.41, 5.74) is -3.82. The van der Waals surface area contributed by atoms with Crippen LogP contribution in [-0.4, -0.2) is 37.1 Å². The first-order valence-corrected chi connectivity index (χ1v) is 12.7. The fraction of sp³-hybridized carbons (Fsp3) is 0.571. The third-order valence-corrected chi connectivity index (χ3v) is 7.99. The molecule has 4 aliphatic rings. The zero-order valence-corrected chi connectivity index (χ0v) is 18.9. The van der Waals surface area contributed by atoms with E-state index in [1.54, 1.807) is 0 Å². The molecule has 4 saturated carbocycles. The Morgan fingerprint density at radius 1 is 1.29 bits per heavy atom. The van der Waals surface area contributed by atoms with Crippen molar-refractivity contribution < 1.29 is 31.0 Å². The fourth-order valence-electron chi connectivity index (χ4n) is 5.24. The van der Waals surface area contributed by atoms with Crippen LogP contribution in [0, 0.1) is 16.1 Å². The number of nitrogens with zero attached hydrogens (tertiary/aromatic N) is 3. The van der Waals surface area contributed by atoms with E-state index in [1.165, 1.54) is 12.3 Å². The van der Waals surface area contributed by atoms with Gasteiger partial charge < -0.3 is 5.32 Å². The van der Waals surface area contributed by atoms with E-state index in [0.29, 0.717) is 12.8 Å². The van der Waals surface area contributed by atoms with E-state index >= 15 is 0 Å². The van der Waals surface area contributed by atoms with Gasteiger partial charge in [-0.3, -0.25) is 9.48 Å². The number of rotatable bonds is 6. The lowest BCUT2D eigenvalue weighted by Gasteiger charge is -2.40. The average Bonchev–Trinajstić information content (AvgIpc) is 3.34. The topological polar surface area (TPSA) is 101 Å². The van der Waals surface area contributed by atoms with Gasteiger partial charge >= 0.3 is 6.18 Å². The van der Waals surface area contributed by atoms with Gasteiger partial charge in [0.1, 0.15) is 16.3 Å². The van der Waals surface area contributed by atoms with Crippen LogP contribution in [0.1, 0.15) is 59.8 Å². The summed E-state index contributed by atoms with van der Waals surface area (Å²) in [7, 11) is -3.24. The Balaban J connectivity index is 1.57. The summed E-state index contributed by atoms with van der Waals surface area (Å²) >= 11 is 0. The Kier molecular flexibility index (Phi) is 4.92. The molecule has 0 saturated heterocycles. The SMILES string of the molecule is C[S@@](=N)(=O)c1cc(NC(=O)c2c(C(F)(F)F)c(C3CC3)nn2CC23CC(CC2(F)F)C3)ccn1. The lowest BCUT2D eigenvalue weighted by Crippen LogP contribution is -2.43. The maximum atomic E-state index is 14.7. The maximum Gasteiger partial charge on any atom is 0.420 e. The highest BCUT2D eigenvalue weighted by molar-refractivity contribution is 7.91. The summed E-state index contributed by atoms with van der Waals surface area (Å²) in [6.45, 7) is -0.480. The molecule has 2 aromatic heterocycles. The van der Waals surface area contributed by atoms with Crippen molar-refractivity contribution in [2.75, 3.05) is 11.6 Å². The number of hydrogen-bond acceptors (Lipinski definition) is 5. The van der Waals surface area contributed by atoms with Crippen LogP contribution in [0.25, 0.3) is 0 Å². The molecule has 2 aromatic rings. The van der Waals surface area contributed by atoms with E-state index in [9.17, 15) is 31.0 Å². The van der Waals surface area contributed by atoms with Gasteiger partial charge in [0.15, 0.2) is 0 Å². The van der Waals surface area contributed by atoms with Crippen LogP contribution in [-0.2, 0) is 22.5 Å². The molecule has 4 fully saturated rings. The molecule has 184 valence electrons. The van der Waals surface area contributed by atoms with Crippen molar-refractivity contribution in [1.29, 1.82) is 4.78 Å². The standard InChI is InChI=1S/C21H22F5N5O2S/c1-34(27,33)14-6-13(4-5-28-14)29-18(32)17-15(21(24,25)26)16(12-2-3-12)30-31(17)10-19-7-11(8-19)9-20(19,22)23/h4-6,11-12,27H,2-3,7-10H2,1H3,(H,28,29,32)/t11?,19?,34-/m1/s1. The largest absolute Gasteiger partial charge is 0.420 e. The van der Waals surface area contributed by atoms with Crippen molar-refractivity contribution in [3.05, 3.63) is 35.3 Å². The molecule has 4 aliphatic carbocycles. The van der Waals surface area contributed by atoms with E-state index in [0.717, 1.165) is 17.0 Å². The summed E-state index contributed by atoms with van der Waals surface area (Å²) < 4.78 is 92.2. The number of aromatic nitrogens is 3. The Morgan fingerprint density at radius 3 is 2.50 bits per heavy atom. The minimum atomic E-state index is -4.91. The minimum absolute atomic E-state index is 0.0151. The molecule has 6 rings (SSSR count). The van der Waals surface area contributed by atoms with E-state index in [2.05, 4.69) is 15.4 Å². The Hall–Kier alpha value is -2.57. The number of carbonyl (C=O) groups excluding carboxylic acids is 1. The van der Waals surface area contributed by atoms with Gasteiger partial charge in [-0.15, -0.1) is 0 Å². The smallest absolute Gasteiger partial charge is 0.320 e. The van der Waals surface area contributed by atoms with Crippen molar-refractivity contribution in [2.24, 2.45) is 11.3 Å². The molecule has 2 bridgehead atoms. The monoisotopic (exact) mass is 503 g/mol. The Labute approximate surface area is 192 Å². The first-order chi connectivity index (χ1) is 15.7. The van der Waals surface area contributed by atoms with Crippen LogP contribution in [0.2, 0.25) is 0 Å². The van der Waals surface area contributed by atoms with Crippen molar-refractivity contribution in [3.8, 4) is 0 Å². The third kappa shape index (κ3) is 3.77. The Bertz CT molecular complexity index is 1280. The number of nitrogens with one attached hydrogen (secondary N) is 2. The minimum Gasteiger partial charge on any atom is -0.320 e.